The van der Waals surface area contributed by atoms with Gasteiger partial charge in [0, 0.05) is 26.2 Å². The summed E-state index contributed by atoms with van der Waals surface area (Å²) in [6.07, 6.45) is 0.137. The van der Waals surface area contributed by atoms with E-state index < -0.39 is 5.25 Å². The summed E-state index contributed by atoms with van der Waals surface area (Å²) in [5.74, 6) is -0.410. The number of hydrogen-bond donors (Lipinski definition) is 1. The van der Waals surface area contributed by atoms with Crippen molar-refractivity contribution in [3.8, 4) is 0 Å². The second-order valence-electron chi connectivity index (χ2n) is 4.85. The molecule has 1 aliphatic heterocycles. The number of amides is 2. The van der Waals surface area contributed by atoms with Crippen molar-refractivity contribution < 1.29 is 9.59 Å². The van der Waals surface area contributed by atoms with Crippen LogP contribution in [0.2, 0.25) is 0 Å². The summed E-state index contributed by atoms with van der Waals surface area (Å²) in [6, 6.07) is 7.55. The minimum absolute atomic E-state index is 0.137. The molecule has 0 saturated heterocycles. The van der Waals surface area contributed by atoms with E-state index in [0.29, 0.717) is 5.17 Å². The van der Waals surface area contributed by atoms with E-state index in [4.69, 9.17) is 0 Å². The van der Waals surface area contributed by atoms with E-state index in [1.165, 1.54) is 11.8 Å². The fourth-order valence-electron chi connectivity index (χ4n) is 1.72. The van der Waals surface area contributed by atoms with E-state index >= 15 is 0 Å². The Morgan fingerprint density at radius 2 is 2.00 bits per heavy atom. The van der Waals surface area contributed by atoms with Crippen LogP contribution in [0.4, 0.5) is 5.69 Å². The van der Waals surface area contributed by atoms with Crippen LogP contribution in [0.15, 0.2) is 29.3 Å². The second-order valence-corrected chi connectivity index (χ2v) is 6.02. The lowest BCUT2D eigenvalue weighted by atomic mass is 10.2. The lowest BCUT2D eigenvalue weighted by molar-refractivity contribution is -0.121. The maximum Gasteiger partial charge on any atom is 0.262 e. The number of hydrogen-bond acceptors (Lipinski definition) is 4. The molecule has 2 amide bonds. The van der Waals surface area contributed by atoms with Crippen molar-refractivity contribution in [2.75, 3.05) is 19.4 Å². The molecule has 1 aliphatic rings. The largest absolute Gasteiger partial charge is 0.357 e. The number of rotatable bonds is 3. The zero-order valence-electron chi connectivity index (χ0n) is 11.7. The maximum absolute atomic E-state index is 11.9. The Bertz CT molecular complexity index is 552. The van der Waals surface area contributed by atoms with Gasteiger partial charge in [-0.15, -0.1) is 0 Å². The highest BCUT2D eigenvalue weighted by atomic mass is 32.2. The Labute approximate surface area is 122 Å². The molecule has 1 aromatic carbocycles. The highest BCUT2D eigenvalue weighted by molar-refractivity contribution is 8.15. The Balaban J connectivity index is 1.90. The SMILES string of the molecule is Cc1ccc(NC(=O)CC2SC(N(C)C)=NC2=O)cc1. The smallest absolute Gasteiger partial charge is 0.262 e. The van der Waals surface area contributed by atoms with Gasteiger partial charge in [-0.25, -0.2) is 0 Å². The summed E-state index contributed by atoms with van der Waals surface area (Å²) >= 11 is 1.33. The van der Waals surface area contributed by atoms with Crippen molar-refractivity contribution in [1.29, 1.82) is 0 Å². The van der Waals surface area contributed by atoms with Gasteiger partial charge in [-0.3, -0.25) is 9.59 Å². The van der Waals surface area contributed by atoms with Gasteiger partial charge in [0.15, 0.2) is 5.17 Å². The third-order valence-corrected chi connectivity index (χ3v) is 4.14. The van der Waals surface area contributed by atoms with Gasteiger partial charge in [0.05, 0.1) is 0 Å². The molecule has 6 heteroatoms. The molecule has 0 saturated carbocycles. The zero-order valence-corrected chi connectivity index (χ0v) is 12.5. The minimum atomic E-state index is -0.419. The molecule has 0 aromatic heterocycles. The van der Waals surface area contributed by atoms with Crippen LogP contribution in [-0.4, -0.2) is 41.2 Å². The topological polar surface area (TPSA) is 61.8 Å². The summed E-state index contributed by atoms with van der Waals surface area (Å²) in [4.78, 5) is 29.3. The average Bonchev–Trinajstić information content (AvgIpc) is 2.74. The molecule has 1 atom stereocenters. The number of amidine groups is 1. The number of anilines is 1. The quantitative estimate of drug-likeness (QED) is 0.923. The van der Waals surface area contributed by atoms with E-state index in [2.05, 4.69) is 10.3 Å². The van der Waals surface area contributed by atoms with Gasteiger partial charge >= 0.3 is 0 Å². The van der Waals surface area contributed by atoms with Gasteiger partial charge in [0.2, 0.25) is 5.91 Å². The zero-order chi connectivity index (χ0) is 14.7. The number of carbonyl (C=O) groups excluding carboxylic acids is 2. The first-order valence-electron chi connectivity index (χ1n) is 6.29. The van der Waals surface area contributed by atoms with Crippen LogP contribution in [0.1, 0.15) is 12.0 Å². The van der Waals surface area contributed by atoms with Crippen LogP contribution < -0.4 is 5.32 Å². The van der Waals surface area contributed by atoms with Crippen molar-refractivity contribution in [2.24, 2.45) is 4.99 Å². The second kappa shape index (κ2) is 6.09. The highest BCUT2D eigenvalue weighted by Crippen LogP contribution is 2.26. The van der Waals surface area contributed by atoms with Crippen LogP contribution in [0, 0.1) is 6.92 Å². The van der Waals surface area contributed by atoms with Crippen molar-refractivity contribution in [3.63, 3.8) is 0 Å². The molecule has 106 valence electrons. The van der Waals surface area contributed by atoms with Crippen LogP contribution >= 0.6 is 11.8 Å². The standard InChI is InChI=1S/C14H17N3O2S/c1-9-4-6-10(7-5-9)15-12(18)8-11-13(19)16-14(20-11)17(2)3/h4-7,11H,8H2,1-3H3,(H,15,18). The van der Waals surface area contributed by atoms with Crippen LogP contribution in [-0.2, 0) is 9.59 Å². The first kappa shape index (κ1) is 14.6. The number of thioether (sulfide) groups is 1. The van der Waals surface area contributed by atoms with Gasteiger partial charge in [-0.05, 0) is 19.1 Å². The van der Waals surface area contributed by atoms with Gasteiger partial charge < -0.3 is 10.2 Å². The predicted octanol–water partition coefficient (Wildman–Crippen LogP) is 1.88. The molecule has 1 aromatic rings. The van der Waals surface area contributed by atoms with Crippen LogP contribution in [0.25, 0.3) is 0 Å². The summed E-state index contributed by atoms with van der Waals surface area (Å²) in [5.41, 5.74) is 1.87. The minimum Gasteiger partial charge on any atom is -0.357 e. The third-order valence-electron chi connectivity index (χ3n) is 2.82. The molecule has 1 unspecified atom stereocenters. The summed E-state index contributed by atoms with van der Waals surface area (Å²) < 4.78 is 0. The molecule has 0 radical (unpaired) electrons. The van der Waals surface area contributed by atoms with E-state index in [0.717, 1.165) is 11.3 Å². The molecular formula is C14H17N3O2S. The Kier molecular flexibility index (Phi) is 4.44. The van der Waals surface area contributed by atoms with Crippen molar-refractivity contribution in [2.45, 2.75) is 18.6 Å². The number of carbonyl (C=O) groups is 2. The normalized spacial score (nSPS) is 17.9. The average molecular weight is 291 g/mol. The number of nitrogens with zero attached hydrogens (tertiary/aromatic N) is 2. The third kappa shape index (κ3) is 3.60. The first-order chi connectivity index (χ1) is 9.45. The lowest BCUT2D eigenvalue weighted by Gasteiger charge is -2.12. The van der Waals surface area contributed by atoms with Gasteiger partial charge in [-0.1, -0.05) is 29.5 Å². The predicted molar refractivity (Wildman–Crippen MR) is 81.9 cm³/mol. The molecule has 1 N–H and O–H groups in total. The van der Waals surface area contributed by atoms with Crippen LogP contribution in [0.3, 0.4) is 0 Å². The van der Waals surface area contributed by atoms with Gasteiger partial charge in [0.1, 0.15) is 5.25 Å². The monoisotopic (exact) mass is 291 g/mol. The summed E-state index contributed by atoms with van der Waals surface area (Å²) in [5, 5.41) is 3.03. The molecule has 0 fully saturated rings. The number of aliphatic imine (C=N–C) groups is 1. The molecule has 5 nitrogen and oxygen atoms in total. The van der Waals surface area contributed by atoms with E-state index in [-0.39, 0.29) is 18.2 Å². The highest BCUT2D eigenvalue weighted by Gasteiger charge is 2.31. The van der Waals surface area contributed by atoms with Crippen LogP contribution in [0.5, 0.6) is 0 Å². The Morgan fingerprint density at radius 1 is 1.35 bits per heavy atom. The van der Waals surface area contributed by atoms with Gasteiger partial charge in [-0.2, -0.15) is 4.99 Å². The molecule has 0 spiro atoms. The molecule has 20 heavy (non-hydrogen) atoms. The number of benzene rings is 1. The molecule has 0 aliphatic carbocycles. The number of nitrogens with one attached hydrogen (secondary N) is 1. The first-order valence-corrected chi connectivity index (χ1v) is 7.16. The molecular weight excluding hydrogens is 274 g/mol. The van der Waals surface area contributed by atoms with Crippen molar-refractivity contribution in [3.05, 3.63) is 29.8 Å². The summed E-state index contributed by atoms with van der Waals surface area (Å²) in [7, 11) is 3.65. The molecule has 2 rings (SSSR count). The van der Waals surface area contributed by atoms with Crippen molar-refractivity contribution >= 4 is 34.4 Å². The van der Waals surface area contributed by atoms with Crippen molar-refractivity contribution in [1.82, 2.24) is 4.90 Å². The van der Waals surface area contributed by atoms with E-state index in [1.807, 2.05) is 45.3 Å². The molecule has 0 bridgehead atoms. The summed E-state index contributed by atoms with van der Waals surface area (Å²) in [6.45, 7) is 1.99. The van der Waals surface area contributed by atoms with Gasteiger partial charge in [0.25, 0.3) is 5.91 Å². The Morgan fingerprint density at radius 3 is 2.55 bits per heavy atom. The lowest BCUT2D eigenvalue weighted by Crippen LogP contribution is -2.22. The fourth-order valence-corrected chi connectivity index (χ4v) is 2.72. The van der Waals surface area contributed by atoms with E-state index in [1.54, 1.807) is 4.90 Å². The molecule has 1 heterocycles. The Hall–Kier alpha value is -1.82. The van der Waals surface area contributed by atoms with E-state index in [9.17, 15) is 9.59 Å². The fraction of sp³-hybridized carbons (Fsp3) is 0.357. The maximum atomic E-state index is 11.9. The number of aryl methyl sites for hydroxylation is 1.